The molecule has 1 amide bonds. The smallest absolute Gasteiger partial charge is 0.273 e. The van der Waals surface area contributed by atoms with Gasteiger partial charge < -0.3 is 9.47 Å². The minimum absolute atomic E-state index is 0.0188. The molecule has 0 atom stereocenters. The van der Waals surface area contributed by atoms with Gasteiger partial charge in [-0.25, -0.2) is 4.98 Å². The highest BCUT2D eigenvalue weighted by atomic mass is 32.1. The van der Waals surface area contributed by atoms with Crippen molar-refractivity contribution in [2.45, 2.75) is 6.04 Å². The molecule has 4 aromatic rings. The van der Waals surface area contributed by atoms with Crippen molar-refractivity contribution in [2.24, 2.45) is 0 Å². The zero-order valence-electron chi connectivity index (χ0n) is 17.2. The number of rotatable bonds is 5. The van der Waals surface area contributed by atoms with E-state index in [1.807, 2.05) is 39.4 Å². The van der Waals surface area contributed by atoms with Crippen LogP contribution in [-0.4, -0.2) is 51.4 Å². The van der Waals surface area contributed by atoms with Gasteiger partial charge in [-0.2, -0.15) is 0 Å². The van der Waals surface area contributed by atoms with Gasteiger partial charge >= 0.3 is 0 Å². The third-order valence-electron chi connectivity index (χ3n) is 5.73. The van der Waals surface area contributed by atoms with Crippen LogP contribution in [0.1, 0.15) is 27.7 Å². The van der Waals surface area contributed by atoms with E-state index in [0.717, 1.165) is 18.2 Å². The van der Waals surface area contributed by atoms with Crippen molar-refractivity contribution in [3.8, 4) is 5.13 Å². The first-order chi connectivity index (χ1) is 15.3. The molecule has 31 heavy (non-hydrogen) atoms. The second-order valence-corrected chi connectivity index (χ2v) is 8.49. The molecule has 5 nitrogen and oxygen atoms in total. The van der Waals surface area contributed by atoms with Crippen LogP contribution >= 0.6 is 11.3 Å². The first kappa shape index (κ1) is 19.7. The molecule has 156 valence electrons. The molecule has 0 N–H and O–H groups in total. The van der Waals surface area contributed by atoms with Gasteiger partial charge in [0.25, 0.3) is 5.91 Å². The molecule has 3 heterocycles. The Morgan fingerprint density at radius 2 is 1.39 bits per heavy atom. The van der Waals surface area contributed by atoms with Gasteiger partial charge in [0, 0.05) is 44.0 Å². The van der Waals surface area contributed by atoms with E-state index in [-0.39, 0.29) is 11.9 Å². The zero-order valence-corrected chi connectivity index (χ0v) is 18.0. The number of carbonyl (C=O) groups is 1. The molecule has 0 saturated carbocycles. The maximum atomic E-state index is 13.0. The summed E-state index contributed by atoms with van der Waals surface area (Å²) in [5.41, 5.74) is 3.10. The van der Waals surface area contributed by atoms with Crippen molar-refractivity contribution in [1.29, 1.82) is 0 Å². The average molecular weight is 429 g/mol. The summed E-state index contributed by atoms with van der Waals surface area (Å²) in [4.78, 5) is 22.0. The third-order valence-corrected chi connectivity index (χ3v) is 6.59. The summed E-state index contributed by atoms with van der Waals surface area (Å²) in [5, 5.41) is 2.68. The van der Waals surface area contributed by atoms with Gasteiger partial charge in [-0.3, -0.25) is 9.69 Å². The van der Waals surface area contributed by atoms with Crippen molar-refractivity contribution in [2.75, 3.05) is 26.2 Å². The maximum absolute atomic E-state index is 13.0. The van der Waals surface area contributed by atoms with Gasteiger partial charge in [-0.05, 0) is 23.3 Å². The Hall–Kier alpha value is -3.22. The fourth-order valence-corrected chi connectivity index (χ4v) is 4.94. The third kappa shape index (κ3) is 4.17. The predicted molar refractivity (Wildman–Crippen MR) is 124 cm³/mol. The highest BCUT2D eigenvalue weighted by Crippen LogP contribution is 2.29. The Labute approximate surface area is 186 Å². The molecule has 0 radical (unpaired) electrons. The number of nitrogens with zero attached hydrogens (tertiary/aromatic N) is 4. The van der Waals surface area contributed by atoms with Crippen LogP contribution in [0.5, 0.6) is 0 Å². The van der Waals surface area contributed by atoms with Gasteiger partial charge in [0.1, 0.15) is 5.69 Å². The van der Waals surface area contributed by atoms with E-state index in [4.69, 9.17) is 0 Å². The van der Waals surface area contributed by atoms with Crippen LogP contribution in [0.25, 0.3) is 5.13 Å². The molecular formula is C25H24N4OS. The van der Waals surface area contributed by atoms with Gasteiger partial charge in [0.2, 0.25) is 0 Å². The summed E-state index contributed by atoms with van der Waals surface area (Å²) in [7, 11) is 0. The molecule has 0 unspecified atom stereocenters. The number of amides is 1. The number of carbonyl (C=O) groups excluding carboxylic acids is 1. The van der Waals surface area contributed by atoms with Crippen LogP contribution < -0.4 is 0 Å². The molecule has 0 aliphatic carbocycles. The number of benzene rings is 2. The lowest BCUT2D eigenvalue weighted by atomic mass is 9.96. The van der Waals surface area contributed by atoms with Crippen molar-refractivity contribution < 1.29 is 4.79 Å². The predicted octanol–water partition coefficient (Wildman–Crippen LogP) is 4.48. The Morgan fingerprint density at radius 1 is 0.806 bits per heavy atom. The molecule has 5 rings (SSSR count). The van der Waals surface area contributed by atoms with Crippen LogP contribution in [0.4, 0.5) is 0 Å². The molecule has 1 aliphatic heterocycles. The summed E-state index contributed by atoms with van der Waals surface area (Å²) >= 11 is 1.49. The number of hydrogen-bond acceptors (Lipinski definition) is 4. The summed E-state index contributed by atoms with van der Waals surface area (Å²) in [6, 6.07) is 25.3. The summed E-state index contributed by atoms with van der Waals surface area (Å²) in [5.74, 6) is 0.0188. The topological polar surface area (TPSA) is 41.4 Å². The van der Waals surface area contributed by atoms with Crippen molar-refractivity contribution in [1.82, 2.24) is 19.4 Å². The summed E-state index contributed by atoms with van der Waals surface area (Å²) < 4.78 is 1.93. The van der Waals surface area contributed by atoms with Crippen molar-refractivity contribution in [3.63, 3.8) is 0 Å². The van der Waals surface area contributed by atoms with Crippen LogP contribution in [0, 0.1) is 0 Å². The van der Waals surface area contributed by atoms with Crippen LogP contribution in [0.2, 0.25) is 0 Å². The standard InChI is InChI=1S/C25H24N4OS/c30-24(22-19-31-25(26-22)29-13-7-8-14-29)28-17-15-27(16-18-28)23(20-9-3-1-4-10-20)21-11-5-2-6-12-21/h1-14,19,23H,15-18H2. The number of aromatic nitrogens is 2. The van der Waals surface area contributed by atoms with E-state index in [9.17, 15) is 4.79 Å². The molecule has 2 aromatic carbocycles. The van der Waals surface area contributed by atoms with Gasteiger partial charge in [0.05, 0.1) is 6.04 Å². The Balaban J connectivity index is 1.30. The maximum Gasteiger partial charge on any atom is 0.273 e. The Kier molecular flexibility index (Phi) is 5.65. The molecular weight excluding hydrogens is 404 g/mol. The van der Waals surface area contributed by atoms with E-state index < -0.39 is 0 Å². The quantitative estimate of drug-likeness (QED) is 0.471. The SMILES string of the molecule is O=C(c1csc(-n2cccc2)n1)N1CCN(C(c2ccccc2)c2ccccc2)CC1. The van der Waals surface area contributed by atoms with E-state index in [2.05, 4.69) is 70.5 Å². The van der Waals surface area contributed by atoms with Crippen LogP contribution in [-0.2, 0) is 0 Å². The monoisotopic (exact) mass is 428 g/mol. The molecule has 1 fully saturated rings. The van der Waals surface area contributed by atoms with E-state index in [1.54, 1.807) is 0 Å². The normalized spacial score (nSPS) is 14.8. The lowest BCUT2D eigenvalue weighted by molar-refractivity contribution is 0.0592. The van der Waals surface area contributed by atoms with Gasteiger partial charge in [0.15, 0.2) is 5.13 Å². The Morgan fingerprint density at radius 3 is 1.97 bits per heavy atom. The minimum Gasteiger partial charge on any atom is -0.335 e. The first-order valence-corrected chi connectivity index (χ1v) is 11.4. The number of thiazole rings is 1. The molecule has 0 bridgehead atoms. The second-order valence-electron chi connectivity index (χ2n) is 7.66. The second kappa shape index (κ2) is 8.88. The number of piperazine rings is 1. The number of hydrogen-bond donors (Lipinski definition) is 0. The highest BCUT2D eigenvalue weighted by Gasteiger charge is 2.29. The molecule has 1 aliphatic rings. The average Bonchev–Trinajstić information content (AvgIpc) is 3.53. The van der Waals surface area contributed by atoms with E-state index in [1.165, 1.54) is 22.5 Å². The first-order valence-electron chi connectivity index (χ1n) is 10.5. The summed E-state index contributed by atoms with van der Waals surface area (Å²) in [6.07, 6.45) is 3.89. The van der Waals surface area contributed by atoms with E-state index in [0.29, 0.717) is 18.8 Å². The minimum atomic E-state index is 0.0188. The zero-order chi connectivity index (χ0) is 21.0. The van der Waals surface area contributed by atoms with Crippen LogP contribution in [0.15, 0.2) is 90.6 Å². The molecule has 6 heteroatoms. The fraction of sp³-hybridized carbons (Fsp3) is 0.200. The van der Waals surface area contributed by atoms with Gasteiger partial charge in [-0.15, -0.1) is 11.3 Å². The molecule has 1 saturated heterocycles. The van der Waals surface area contributed by atoms with Crippen molar-refractivity contribution in [3.05, 3.63) is 107 Å². The fourth-order valence-electron chi connectivity index (χ4n) is 4.17. The van der Waals surface area contributed by atoms with Crippen LogP contribution in [0.3, 0.4) is 0 Å². The van der Waals surface area contributed by atoms with E-state index >= 15 is 0 Å². The van der Waals surface area contributed by atoms with Gasteiger partial charge in [-0.1, -0.05) is 60.7 Å². The van der Waals surface area contributed by atoms with Crippen molar-refractivity contribution >= 4 is 17.2 Å². The lowest BCUT2D eigenvalue weighted by Crippen LogP contribution is -2.50. The Bertz CT molecular complexity index is 1080. The highest BCUT2D eigenvalue weighted by molar-refractivity contribution is 7.12. The molecule has 2 aromatic heterocycles. The lowest BCUT2D eigenvalue weighted by Gasteiger charge is -2.39. The largest absolute Gasteiger partial charge is 0.335 e. The molecule has 0 spiro atoms. The summed E-state index contributed by atoms with van der Waals surface area (Å²) in [6.45, 7) is 3.06.